The fourth-order valence-corrected chi connectivity index (χ4v) is 1.52. The number of pyridine rings is 1. The Morgan fingerprint density at radius 2 is 2.21 bits per heavy atom. The smallest absolute Gasteiger partial charge is 0.127 e. The first kappa shape index (κ1) is 8.75. The van der Waals surface area contributed by atoms with Crippen LogP contribution < -0.4 is 0 Å². The van der Waals surface area contributed by atoms with Gasteiger partial charge in [-0.3, -0.25) is 4.98 Å². The van der Waals surface area contributed by atoms with Crippen molar-refractivity contribution in [3.63, 3.8) is 0 Å². The second-order valence-corrected chi connectivity index (χ2v) is 3.16. The fraction of sp³-hybridized carbons (Fsp3) is 0.0833. The third kappa shape index (κ3) is 1.35. The van der Waals surface area contributed by atoms with E-state index in [1.165, 1.54) is 0 Å². The highest BCUT2D eigenvalue weighted by molar-refractivity contribution is 5.88. The van der Waals surface area contributed by atoms with Crippen LogP contribution in [0.4, 0.5) is 0 Å². The topological polar surface area (TPSA) is 33.1 Å². The molecule has 1 heterocycles. The van der Waals surface area contributed by atoms with Crippen LogP contribution >= 0.6 is 0 Å². The summed E-state index contributed by atoms with van der Waals surface area (Å²) >= 11 is 0. The van der Waals surface area contributed by atoms with Gasteiger partial charge in [-0.25, -0.2) is 0 Å². The summed E-state index contributed by atoms with van der Waals surface area (Å²) in [6, 6.07) is 5.68. The van der Waals surface area contributed by atoms with Crippen molar-refractivity contribution in [2.24, 2.45) is 0 Å². The zero-order valence-corrected chi connectivity index (χ0v) is 7.77. The highest BCUT2D eigenvalue weighted by atomic mass is 16.3. The number of aromatic nitrogens is 1. The molecule has 0 aliphatic carbocycles. The van der Waals surface area contributed by atoms with Crippen molar-refractivity contribution >= 4 is 10.8 Å². The van der Waals surface area contributed by atoms with Gasteiger partial charge in [0.1, 0.15) is 5.75 Å². The van der Waals surface area contributed by atoms with Crippen LogP contribution in [0.5, 0.6) is 5.75 Å². The first-order valence-corrected chi connectivity index (χ1v) is 4.48. The number of aromatic hydroxyl groups is 1. The number of fused-ring (bicyclic) bond motifs is 1. The molecule has 0 saturated carbocycles. The van der Waals surface area contributed by atoms with Crippen molar-refractivity contribution in [2.75, 3.05) is 0 Å². The number of allylic oxidation sites excluding steroid dienone is 1. The molecular formula is C12H11NO. The van der Waals surface area contributed by atoms with E-state index in [1.54, 1.807) is 18.5 Å². The van der Waals surface area contributed by atoms with E-state index in [-0.39, 0.29) is 0 Å². The quantitative estimate of drug-likeness (QED) is 0.729. The molecule has 2 nitrogen and oxygen atoms in total. The normalized spacial score (nSPS) is 10.3. The average Bonchev–Trinajstić information content (AvgIpc) is 2.23. The van der Waals surface area contributed by atoms with Crippen LogP contribution in [0.3, 0.4) is 0 Å². The van der Waals surface area contributed by atoms with Crippen molar-refractivity contribution in [2.45, 2.75) is 6.42 Å². The zero-order valence-electron chi connectivity index (χ0n) is 7.77. The summed E-state index contributed by atoms with van der Waals surface area (Å²) in [7, 11) is 0. The number of phenols is 1. The Morgan fingerprint density at radius 3 is 3.00 bits per heavy atom. The van der Waals surface area contributed by atoms with E-state index >= 15 is 0 Å². The molecule has 0 saturated heterocycles. The summed E-state index contributed by atoms with van der Waals surface area (Å²) in [4.78, 5) is 4.00. The number of hydrogen-bond donors (Lipinski definition) is 1. The number of nitrogens with zero attached hydrogens (tertiary/aromatic N) is 1. The molecule has 0 fully saturated rings. The van der Waals surface area contributed by atoms with Crippen LogP contribution in [0.1, 0.15) is 5.56 Å². The van der Waals surface area contributed by atoms with Gasteiger partial charge in [0.05, 0.1) is 0 Å². The molecule has 2 aromatic rings. The molecule has 0 bridgehead atoms. The lowest BCUT2D eigenvalue weighted by Crippen LogP contribution is -1.84. The summed E-state index contributed by atoms with van der Waals surface area (Å²) in [5.41, 5.74) is 0.902. The van der Waals surface area contributed by atoms with E-state index in [9.17, 15) is 5.11 Å². The van der Waals surface area contributed by atoms with Gasteiger partial charge in [0, 0.05) is 23.2 Å². The van der Waals surface area contributed by atoms with Crippen LogP contribution in [0, 0.1) is 0 Å². The standard InChI is InChI=1S/C12H11NO/c1-2-3-9-4-5-10-8-13-7-6-11(10)12(9)14/h2,4-8,14H,1,3H2. The Morgan fingerprint density at radius 1 is 1.36 bits per heavy atom. The Labute approximate surface area is 82.5 Å². The Balaban J connectivity index is 2.68. The van der Waals surface area contributed by atoms with Crippen molar-refractivity contribution < 1.29 is 5.11 Å². The number of hydrogen-bond acceptors (Lipinski definition) is 2. The maximum absolute atomic E-state index is 9.91. The second-order valence-electron chi connectivity index (χ2n) is 3.16. The third-order valence-corrected chi connectivity index (χ3v) is 2.24. The third-order valence-electron chi connectivity index (χ3n) is 2.24. The van der Waals surface area contributed by atoms with Gasteiger partial charge in [-0.05, 0) is 18.1 Å². The van der Waals surface area contributed by atoms with E-state index < -0.39 is 0 Å². The van der Waals surface area contributed by atoms with Crippen LogP contribution in [0.25, 0.3) is 10.8 Å². The minimum absolute atomic E-state index is 0.338. The minimum atomic E-state index is 0.338. The molecule has 0 aliphatic rings. The van der Waals surface area contributed by atoms with Crippen molar-refractivity contribution in [1.82, 2.24) is 4.98 Å². The average molecular weight is 185 g/mol. The monoisotopic (exact) mass is 185 g/mol. The highest BCUT2D eigenvalue weighted by Crippen LogP contribution is 2.28. The molecule has 0 amide bonds. The maximum atomic E-state index is 9.91. The fourth-order valence-electron chi connectivity index (χ4n) is 1.52. The van der Waals surface area contributed by atoms with Gasteiger partial charge in [0.15, 0.2) is 0 Å². The Kier molecular flexibility index (Phi) is 2.19. The predicted molar refractivity (Wildman–Crippen MR) is 57.3 cm³/mol. The SMILES string of the molecule is C=CCc1ccc2cnccc2c1O. The summed E-state index contributed by atoms with van der Waals surface area (Å²) in [6.07, 6.45) is 5.89. The lowest BCUT2D eigenvalue weighted by Gasteiger charge is -2.05. The molecule has 2 heteroatoms. The van der Waals surface area contributed by atoms with E-state index in [0.717, 1.165) is 16.3 Å². The zero-order chi connectivity index (χ0) is 9.97. The lowest BCUT2D eigenvalue weighted by molar-refractivity contribution is 0.476. The van der Waals surface area contributed by atoms with Crippen LogP contribution in [-0.2, 0) is 6.42 Å². The molecule has 14 heavy (non-hydrogen) atoms. The lowest BCUT2D eigenvalue weighted by atomic mass is 10.1. The Bertz CT molecular complexity index is 477. The van der Waals surface area contributed by atoms with Crippen LogP contribution in [-0.4, -0.2) is 10.1 Å². The number of benzene rings is 1. The predicted octanol–water partition coefficient (Wildman–Crippen LogP) is 2.67. The number of rotatable bonds is 2. The first-order valence-electron chi connectivity index (χ1n) is 4.48. The van der Waals surface area contributed by atoms with Gasteiger partial charge in [-0.1, -0.05) is 18.2 Å². The molecule has 0 atom stereocenters. The molecule has 1 aromatic carbocycles. The van der Waals surface area contributed by atoms with Gasteiger partial charge >= 0.3 is 0 Å². The van der Waals surface area contributed by atoms with Crippen molar-refractivity contribution in [1.29, 1.82) is 0 Å². The summed E-state index contributed by atoms with van der Waals surface area (Å²) in [5.74, 6) is 0.338. The molecule has 1 N–H and O–H groups in total. The highest BCUT2D eigenvalue weighted by Gasteiger charge is 2.03. The van der Waals surface area contributed by atoms with Crippen LogP contribution in [0.2, 0.25) is 0 Å². The van der Waals surface area contributed by atoms with Gasteiger partial charge in [0.25, 0.3) is 0 Å². The van der Waals surface area contributed by atoms with E-state index in [1.807, 2.05) is 18.2 Å². The Hall–Kier alpha value is -1.83. The van der Waals surface area contributed by atoms with Crippen molar-refractivity contribution in [3.8, 4) is 5.75 Å². The molecule has 0 spiro atoms. The molecule has 0 unspecified atom stereocenters. The molecule has 2 rings (SSSR count). The summed E-state index contributed by atoms with van der Waals surface area (Å²) < 4.78 is 0. The largest absolute Gasteiger partial charge is 0.507 e. The second kappa shape index (κ2) is 3.50. The molecule has 0 aliphatic heterocycles. The summed E-state index contributed by atoms with van der Waals surface area (Å²) in [6.45, 7) is 3.65. The van der Waals surface area contributed by atoms with E-state index in [4.69, 9.17) is 0 Å². The first-order chi connectivity index (χ1) is 6.83. The van der Waals surface area contributed by atoms with Gasteiger partial charge < -0.3 is 5.11 Å². The van der Waals surface area contributed by atoms with E-state index in [0.29, 0.717) is 12.2 Å². The van der Waals surface area contributed by atoms with Gasteiger partial charge in [-0.15, -0.1) is 6.58 Å². The van der Waals surface area contributed by atoms with Gasteiger partial charge in [-0.2, -0.15) is 0 Å². The molecular weight excluding hydrogens is 174 g/mol. The molecule has 70 valence electrons. The van der Waals surface area contributed by atoms with Crippen LogP contribution in [0.15, 0.2) is 43.2 Å². The molecule has 1 aromatic heterocycles. The van der Waals surface area contributed by atoms with E-state index in [2.05, 4.69) is 11.6 Å². The maximum Gasteiger partial charge on any atom is 0.127 e. The molecule has 0 radical (unpaired) electrons. The van der Waals surface area contributed by atoms with Gasteiger partial charge in [0.2, 0.25) is 0 Å². The summed E-state index contributed by atoms with van der Waals surface area (Å²) in [5, 5.41) is 11.7. The number of phenolic OH excluding ortho intramolecular Hbond substituents is 1. The van der Waals surface area contributed by atoms with Crippen molar-refractivity contribution in [3.05, 3.63) is 48.8 Å². The minimum Gasteiger partial charge on any atom is -0.507 e.